The molecule has 4 rings (SSSR count). The van der Waals surface area contributed by atoms with E-state index in [1.807, 2.05) is 45.0 Å². The molecule has 1 aromatic carbocycles. The summed E-state index contributed by atoms with van der Waals surface area (Å²) in [6.45, 7) is 14.3. The molecule has 0 spiro atoms. The van der Waals surface area contributed by atoms with Gasteiger partial charge in [-0.3, -0.25) is 14.9 Å². The fourth-order valence-electron chi connectivity index (χ4n) is 6.56. The molecular weight excluding hydrogens is 498 g/mol. The maximum atomic E-state index is 13.1. The Kier molecular flexibility index (Phi) is 7.83. The van der Waals surface area contributed by atoms with Crippen molar-refractivity contribution in [3.05, 3.63) is 46.0 Å². The molecule has 8 heteroatoms. The van der Waals surface area contributed by atoms with Crippen molar-refractivity contribution in [2.75, 3.05) is 11.9 Å². The van der Waals surface area contributed by atoms with Crippen LogP contribution in [-0.2, 0) is 16.6 Å². The van der Waals surface area contributed by atoms with Gasteiger partial charge in [0.15, 0.2) is 5.13 Å². The summed E-state index contributed by atoms with van der Waals surface area (Å²) in [6, 6.07) is 7.67. The Hall–Kier alpha value is -2.29. The number of hydrogen-bond acceptors (Lipinski definition) is 6. The minimum absolute atomic E-state index is 0.00375. The van der Waals surface area contributed by atoms with Crippen molar-refractivity contribution in [1.82, 2.24) is 10.3 Å². The minimum Gasteiger partial charge on any atom is -0.396 e. The lowest BCUT2D eigenvalue weighted by atomic mass is 9.47. The molecule has 1 fully saturated rings. The lowest BCUT2D eigenvalue weighted by Crippen LogP contribution is -2.57. The lowest BCUT2D eigenvalue weighted by Gasteiger charge is -2.58. The number of nitrogens with zero attached hydrogens (tertiary/aromatic N) is 1. The molecule has 0 aliphatic heterocycles. The van der Waals surface area contributed by atoms with E-state index < -0.39 is 11.5 Å². The number of benzene rings is 1. The summed E-state index contributed by atoms with van der Waals surface area (Å²) < 4.78 is 0. The third kappa shape index (κ3) is 5.27. The van der Waals surface area contributed by atoms with Gasteiger partial charge in [0.1, 0.15) is 0 Å². The van der Waals surface area contributed by atoms with Crippen LogP contribution in [0.4, 0.5) is 5.13 Å². The smallest absolute Gasteiger partial charge is 0.257 e. The van der Waals surface area contributed by atoms with Gasteiger partial charge in [-0.2, -0.15) is 0 Å². The first-order valence-corrected chi connectivity index (χ1v) is 14.5. The summed E-state index contributed by atoms with van der Waals surface area (Å²) in [5.74, 6) is -0.458. The van der Waals surface area contributed by atoms with Gasteiger partial charge in [-0.1, -0.05) is 46.8 Å². The molecule has 2 aliphatic carbocycles. The number of anilines is 1. The Morgan fingerprint density at radius 2 is 1.84 bits per heavy atom. The first-order chi connectivity index (χ1) is 17.7. The molecule has 38 heavy (non-hydrogen) atoms. The average Bonchev–Trinajstić information content (AvgIpc) is 3.24. The van der Waals surface area contributed by atoms with Gasteiger partial charge in [-0.25, -0.2) is 4.98 Å². The van der Waals surface area contributed by atoms with E-state index in [2.05, 4.69) is 38.3 Å². The van der Waals surface area contributed by atoms with Gasteiger partial charge in [-0.05, 0) is 67.6 Å². The summed E-state index contributed by atoms with van der Waals surface area (Å²) in [5.41, 5.74) is 1.59. The lowest BCUT2D eigenvalue weighted by molar-refractivity contribution is -0.144. The summed E-state index contributed by atoms with van der Waals surface area (Å²) in [7, 11) is 0. The van der Waals surface area contributed by atoms with E-state index in [-0.39, 0.29) is 53.5 Å². The van der Waals surface area contributed by atoms with Crippen molar-refractivity contribution in [1.29, 1.82) is 0 Å². The second-order valence-corrected chi connectivity index (χ2v) is 14.2. The Morgan fingerprint density at radius 3 is 2.42 bits per heavy atom. The summed E-state index contributed by atoms with van der Waals surface area (Å²) in [6.07, 6.45) is 1.63. The zero-order valence-electron chi connectivity index (χ0n) is 23.7. The topological polar surface area (TPSA) is 112 Å². The molecule has 2 aromatic rings. The molecule has 1 saturated carbocycles. The molecule has 0 bridgehead atoms. The summed E-state index contributed by atoms with van der Waals surface area (Å²) >= 11 is 1.44. The van der Waals surface area contributed by atoms with E-state index in [9.17, 15) is 19.8 Å². The van der Waals surface area contributed by atoms with Crippen LogP contribution in [0.3, 0.4) is 0 Å². The van der Waals surface area contributed by atoms with Gasteiger partial charge in [0.05, 0.1) is 18.4 Å². The molecule has 208 valence electrons. The van der Waals surface area contributed by atoms with Crippen LogP contribution in [0.1, 0.15) is 100 Å². The zero-order valence-corrected chi connectivity index (χ0v) is 24.5. The van der Waals surface area contributed by atoms with Crippen LogP contribution in [0, 0.1) is 16.7 Å². The average molecular weight is 542 g/mol. The molecule has 5 unspecified atom stereocenters. The minimum atomic E-state index is -0.681. The van der Waals surface area contributed by atoms with E-state index in [0.29, 0.717) is 23.5 Å². The summed E-state index contributed by atoms with van der Waals surface area (Å²) in [4.78, 5) is 32.0. The van der Waals surface area contributed by atoms with Gasteiger partial charge in [-0.15, -0.1) is 11.3 Å². The number of aromatic nitrogens is 1. The number of carbonyl (C=O) groups is 2. The number of carbonyl (C=O) groups excluding carboxylic acids is 2. The molecule has 1 heterocycles. The molecule has 2 amide bonds. The fraction of sp³-hybridized carbons (Fsp3) is 0.633. The largest absolute Gasteiger partial charge is 0.396 e. The van der Waals surface area contributed by atoms with Crippen LogP contribution < -0.4 is 10.6 Å². The van der Waals surface area contributed by atoms with Crippen LogP contribution >= 0.6 is 11.3 Å². The number of thiazole rings is 1. The Labute approximate surface area is 230 Å². The fourth-order valence-corrected chi connectivity index (χ4v) is 7.62. The van der Waals surface area contributed by atoms with Gasteiger partial charge >= 0.3 is 0 Å². The highest BCUT2D eigenvalue weighted by Gasteiger charge is 2.59. The number of aliphatic hydroxyl groups excluding tert-OH is 2. The SMILES string of the molecule is CC(C)NC(=O)CC1c2nc(NC(=O)c3ccc(C(C)(C)C)cc3)sc2CC2C(C)(CO)C(O)CCC12C. The van der Waals surface area contributed by atoms with Crippen molar-refractivity contribution < 1.29 is 19.8 Å². The number of aliphatic hydroxyl groups is 2. The second kappa shape index (κ2) is 10.4. The first-order valence-electron chi connectivity index (χ1n) is 13.7. The maximum absolute atomic E-state index is 13.1. The number of fused-ring (bicyclic) bond motifs is 2. The highest BCUT2D eigenvalue weighted by Crippen LogP contribution is 2.62. The van der Waals surface area contributed by atoms with Crippen molar-refractivity contribution in [2.45, 2.75) is 97.6 Å². The van der Waals surface area contributed by atoms with Gasteiger partial charge in [0.25, 0.3) is 5.91 Å². The van der Waals surface area contributed by atoms with E-state index >= 15 is 0 Å². The zero-order chi connectivity index (χ0) is 28.0. The van der Waals surface area contributed by atoms with E-state index in [0.717, 1.165) is 22.6 Å². The highest BCUT2D eigenvalue weighted by atomic mass is 32.1. The number of hydrogen-bond donors (Lipinski definition) is 4. The Morgan fingerprint density at radius 1 is 1.18 bits per heavy atom. The van der Waals surface area contributed by atoms with Crippen LogP contribution in [0.5, 0.6) is 0 Å². The van der Waals surface area contributed by atoms with Crippen LogP contribution in [0.15, 0.2) is 24.3 Å². The van der Waals surface area contributed by atoms with Crippen LogP contribution in [0.25, 0.3) is 0 Å². The summed E-state index contributed by atoms with van der Waals surface area (Å²) in [5, 5.41) is 27.9. The third-order valence-corrected chi connectivity index (χ3v) is 9.98. The second-order valence-electron chi connectivity index (χ2n) is 13.1. The molecule has 1 aromatic heterocycles. The highest BCUT2D eigenvalue weighted by molar-refractivity contribution is 7.15. The van der Waals surface area contributed by atoms with Crippen molar-refractivity contribution in [3.63, 3.8) is 0 Å². The van der Waals surface area contributed by atoms with Crippen LogP contribution in [0.2, 0.25) is 0 Å². The van der Waals surface area contributed by atoms with Crippen molar-refractivity contribution in [3.8, 4) is 0 Å². The van der Waals surface area contributed by atoms with Gasteiger partial charge < -0.3 is 15.5 Å². The molecule has 0 radical (unpaired) electrons. The number of amides is 2. The molecule has 4 N–H and O–H groups in total. The maximum Gasteiger partial charge on any atom is 0.257 e. The number of rotatable bonds is 6. The molecule has 2 aliphatic rings. The predicted octanol–water partition coefficient (Wildman–Crippen LogP) is 5.02. The Balaban J connectivity index is 1.67. The first kappa shape index (κ1) is 28.7. The van der Waals surface area contributed by atoms with Gasteiger partial charge in [0.2, 0.25) is 5.91 Å². The van der Waals surface area contributed by atoms with Gasteiger partial charge in [0, 0.05) is 34.2 Å². The Bertz CT molecular complexity index is 1190. The van der Waals surface area contributed by atoms with Crippen LogP contribution in [-0.4, -0.2) is 45.8 Å². The quantitative estimate of drug-likeness (QED) is 0.410. The third-order valence-electron chi connectivity index (χ3n) is 8.97. The molecule has 0 saturated heterocycles. The molecular formula is C30H43N3O4S. The normalized spacial score (nSPS) is 28.9. The van der Waals surface area contributed by atoms with E-state index in [1.54, 1.807) is 0 Å². The van der Waals surface area contributed by atoms with E-state index in [1.165, 1.54) is 11.3 Å². The molecule has 7 nitrogen and oxygen atoms in total. The monoisotopic (exact) mass is 541 g/mol. The van der Waals surface area contributed by atoms with Crippen molar-refractivity contribution in [2.24, 2.45) is 16.7 Å². The van der Waals surface area contributed by atoms with Crippen molar-refractivity contribution >= 4 is 28.3 Å². The molecule has 5 atom stereocenters. The predicted molar refractivity (Wildman–Crippen MR) is 152 cm³/mol. The standard InChI is InChI=1S/C30H43N3O4S/c1-17(2)31-24(36)14-20-25-21(15-22-29(20,6)13-12-23(35)30(22,7)16-34)38-27(32-25)33-26(37)18-8-10-19(11-9-18)28(3,4)5/h8-11,17,20,22-23,34-35H,12-16H2,1-7H3,(H,31,36)(H,32,33,37). The van der Waals surface area contributed by atoms with E-state index in [4.69, 9.17) is 4.98 Å². The number of nitrogens with one attached hydrogen (secondary N) is 2.